The second-order valence-electron chi connectivity index (χ2n) is 3.97. The van der Waals surface area contributed by atoms with E-state index in [-0.39, 0.29) is 18.5 Å². The Kier molecular flexibility index (Phi) is 7.48. The molecule has 0 aliphatic carbocycles. The fourth-order valence-electron chi connectivity index (χ4n) is 1.46. The van der Waals surface area contributed by atoms with Crippen molar-refractivity contribution < 1.29 is 14.6 Å². The molecule has 84 valence electrons. The van der Waals surface area contributed by atoms with E-state index >= 15 is 0 Å². The van der Waals surface area contributed by atoms with Crippen LogP contribution in [-0.4, -0.2) is 24.8 Å². The zero-order valence-electron chi connectivity index (χ0n) is 9.45. The predicted molar refractivity (Wildman–Crippen MR) is 55.9 cm³/mol. The van der Waals surface area contributed by atoms with Crippen molar-refractivity contribution in [3.8, 4) is 0 Å². The smallest absolute Gasteiger partial charge is 0.308 e. The fraction of sp³-hybridized carbons (Fsp3) is 0.909. The molecule has 0 saturated carbocycles. The van der Waals surface area contributed by atoms with Crippen LogP contribution in [0, 0.1) is 11.8 Å². The van der Waals surface area contributed by atoms with Crippen molar-refractivity contribution in [1.82, 2.24) is 0 Å². The Morgan fingerprint density at radius 2 is 1.93 bits per heavy atom. The molecule has 14 heavy (non-hydrogen) atoms. The van der Waals surface area contributed by atoms with Gasteiger partial charge in [0.25, 0.3) is 0 Å². The van der Waals surface area contributed by atoms with Gasteiger partial charge in [0.05, 0.1) is 13.0 Å². The normalized spacial score (nSPS) is 14.9. The van der Waals surface area contributed by atoms with Gasteiger partial charge in [-0.15, -0.1) is 0 Å². The van der Waals surface area contributed by atoms with E-state index in [0.29, 0.717) is 5.92 Å². The van der Waals surface area contributed by atoms with Crippen LogP contribution in [0.3, 0.4) is 0 Å². The number of rotatable bonds is 7. The zero-order valence-corrected chi connectivity index (χ0v) is 9.45. The maximum Gasteiger partial charge on any atom is 0.308 e. The molecule has 0 aromatic carbocycles. The largest absolute Gasteiger partial charge is 0.469 e. The second kappa shape index (κ2) is 7.80. The lowest BCUT2D eigenvalue weighted by Gasteiger charge is -2.11. The summed E-state index contributed by atoms with van der Waals surface area (Å²) in [4.78, 5) is 11.1. The molecular weight excluding hydrogens is 180 g/mol. The predicted octanol–water partition coefficient (Wildman–Crippen LogP) is 1.98. The van der Waals surface area contributed by atoms with Crippen molar-refractivity contribution in [3.63, 3.8) is 0 Å². The number of methoxy groups -OCH3 is 1. The molecule has 0 amide bonds. The van der Waals surface area contributed by atoms with Gasteiger partial charge in [-0.25, -0.2) is 0 Å². The number of aliphatic hydroxyl groups is 1. The van der Waals surface area contributed by atoms with Gasteiger partial charge in [-0.1, -0.05) is 26.7 Å². The number of ether oxygens (including phenoxy) is 1. The van der Waals surface area contributed by atoms with Crippen LogP contribution in [0.4, 0.5) is 0 Å². The fourth-order valence-corrected chi connectivity index (χ4v) is 1.46. The molecule has 0 spiro atoms. The van der Waals surface area contributed by atoms with Crippen LogP contribution in [-0.2, 0) is 9.53 Å². The van der Waals surface area contributed by atoms with Crippen molar-refractivity contribution in [2.45, 2.75) is 39.5 Å². The molecule has 3 heteroatoms. The molecule has 0 aliphatic heterocycles. The quantitative estimate of drug-likeness (QED) is 0.642. The Hall–Kier alpha value is -0.570. The minimum Gasteiger partial charge on any atom is -0.469 e. The number of aliphatic hydroxyl groups excluding tert-OH is 1. The number of esters is 1. The SMILES string of the molecule is COC(=O)[C@@H](C)CCC[C@H](C)CCO. The summed E-state index contributed by atoms with van der Waals surface area (Å²) in [5, 5.41) is 8.70. The van der Waals surface area contributed by atoms with Gasteiger partial charge in [-0.05, 0) is 18.8 Å². The van der Waals surface area contributed by atoms with Gasteiger partial charge < -0.3 is 9.84 Å². The third kappa shape index (κ3) is 5.97. The summed E-state index contributed by atoms with van der Waals surface area (Å²) in [7, 11) is 1.42. The molecule has 0 rings (SSSR count). The average molecular weight is 202 g/mol. The lowest BCUT2D eigenvalue weighted by Crippen LogP contribution is -2.12. The highest BCUT2D eigenvalue weighted by molar-refractivity contribution is 5.71. The minimum atomic E-state index is -0.125. The monoisotopic (exact) mass is 202 g/mol. The summed E-state index contributed by atoms with van der Waals surface area (Å²) >= 11 is 0. The van der Waals surface area contributed by atoms with Gasteiger partial charge in [-0.2, -0.15) is 0 Å². The maximum atomic E-state index is 11.1. The molecule has 0 saturated heterocycles. The summed E-state index contributed by atoms with van der Waals surface area (Å²) in [6.45, 7) is 4.27. The Bertz CT molecular complexity index is 157. The van der Waals surface area contributed by atoms with Crippen LogP contribution in [0.15, 0.2) is 0 Å². The lowest BCUT2D eigenvalue weighted by atomic mass is 9.97. The number of hydrogen-bond donors (Lipinski definition) is 1. The number of carbonyl (C=O) groups excluding carboxylic acids is 1. The van der Waals surface area contributed by atoms with Crippen LogP contribution >= 0.6 is 0 Å². The van der Waals surface area contributed by atoms with E-state index < -0.39 is 0 Å². The molecular formula is C11H22O3. The van der Waals surface area contributed by atoms with Crippen LogP contribution in [0.2, 0.25) is 0 Å². The average Bonchev–Trinajstić information content (AvgIpc) is 2.16. The van der Waals surface area contributed by atoms with Gasteiger partial charge in [0.1, 0.15) is 0 Å². The standard InChI is InChI=1S/C11H22O3/c1-9(7-8-12)5-4-6-10(2)11(13)14-3/h9-10,12H,4-8H2,1-3H3/t9-,10-/m0/s1. The third-order valence-electron chi connectivity index (χ3n) is 2.56. The van der Waals surface area contributed by atoms with Crippen molar-refractivity contribution in [3.05, 3.63) is 0 Å². The van der Waals surface area contributed by atoms with Gasteiger partial charge in [-0.3, -0.25) is 4.79 Å². The molecule has 0 aromatic heterocycles. The van der Waals surface area contributed by atoms with Gasteiger partial charge >= 0.3 is 5.97 Å². The van der Waals surface area contributed by atoms with Crippen molar-refractivity contribution >= 4 is 5.97 Å². The van der Waals surface area contributed by atoms with Crippen LogP contribution < -0.4 is 0 Å². The maximum absolute atomic E-state index is 11.1. The number of hydrogen-bond acceptors (Lipinski definition) is 3. The lowest BCUT2D eigenvalue weighted by molar-refractivity contribution is -0.145. The molecule has 0 radical (unpaired) electrons. The van der Waals surface area contributed by atoms with E-state index in [1.165, 1.54) is 7.11 Å². The van der Waals surface area contributed by atoms with Crippen molar-refractivity contribution in [2.75, 3.05) is 13.7 Å². The van der Waals surface area contributed by atoms with Crippen molar-refractivity contribution in [2.24, 2.45) is 11.8 Å². The summed E-state index contributed by atoms with van der Waals surface area (Å²) in [6.07, 6.45) is 3.83. The Morgan fingerprint density at radius 3 is 2.43 bits per heavy atom. The molecule has 0 unspecified atom stereocenters. The Morgan fingerprint density at radius 1 is 1.29 bits per heavy atom. The first-order valence-corrected chi connectivity index (χ1v) is 5.30. The zero-order chi connectivity index (χ0) is 11.0. The first kappa shape index (κ1) is 13.4. The van der Waals surface area contributed by atoms with E-state index in [1.54, 1.807) is 0 Å². The molecule has 0 aliphatic rings. The molecule has 0 fully saturated rings. The van der Waals surface area contributed by atoms with Crippen LogP contribution in [0.25, 0.3) is 0 Å². The summed E-state index contributed by atoms with van der Waals surface area (Å²) in [5.41, 5.74) is 0. The van der Waals surface area contributed by atoms with Crippen LogP contribution in [0.5, 0.6) is 0 Å². The topological polar surface area (TPSA) is 46.5 Å². The molecule has 2 atom stereocenters. The van der Waals surface area contributed by atoms with Gasteiger partial charge in [0.15, 0.2) is 0 Å². The highest BCUT2D eigenvalue weighted by Gasteiger charge is 2.12. The highest BCUT2D eigenvalue weighted by Crippen LogP contribution is 2.15. The highest BCUT2D eigenvalue weighted by atomic mass is 16.5. The Labute approximate surface area is 86.5 Å². The summed E-state index contributed by atoms with van der Waals surface area (Å²) < 4.78 is 4.64. The van der Waals surface area contributed by atoms with Crippen LogP contribution in [0.1, 0.15) is 39.5 Å². The third-order valence-corrected chi connectivity index (χ3v) is 2.56. The molecule has 1 N–H and O–H groups in total. The van der Waals surface area contributed by atoms with Gasteiger partial charge in [0.2, 0.25) is 0 Å². The molecule has 0 heterocycles. The molecule has 3 nitrogen and oxygen atoms in total. The minimum absolute atomic E-state index is 0.00123. The van der Waals surface area contributed by atoms with E-state index in [2.05, 4.69) is 11.7 Å². The first-order valence-electron chi connectivity index (χ1n) is 5.30. The van der Waals surface area contributed by atoms with E-state index in [0.717, 1.165) is 25.7 Å². The molecule has 0 aromatic rings. The van der Waals surface area contributed by atoms with Gasteiger partial charge in [0, 0.05) is 6.61 Å². The Balaban J connectivity index is 3.48. The number of carbonyl (C=O) groups is 1. The van der Waals surface area contributed by atoms with E-state index in [4.69, 9.17) is 5.11 Å². The van der Waals surface area contributed by atoms with E-state index in [1.807, 2.05) is 6.92 Å². The summed E-state index contributed by atoms with van der Waals surface area (Å²) in [5.74, 6) is 0.422. The van der Waals surface area contributed by atoms with Crippen molar-refractivity contribution in [1.29, 1.82) is 0 Å². The second-order valence-corrected chi connectivity index (χ2v) is 3.97. The molecule has 0 bridgehead atoms. The first-order chi connectivity index (χ1) is 6.61. The van der Waals surface area contributed by atoms with E-state index in [9.17, 15) is 4.79 Å². The summed E-state index contributed by atoms with van der Waals surface area (Å²) in [6, 6.07) is 0.